The minimum absolute atomic E-state index is 0.174. The van der Waals surface area contributed by atoms with Crippen LogP contribution in [0.1, 0.15) is 5.56 Å². The first-order valence-corrected chi connectivity index (χ1v) is 9.97. The van der Waals surface area contributed by atoms with Crippen molar-refractivity contribution in [2.24, 2.45) is 5.10 Å². The minimum Gasteiger partial charge on any atom is -0.484 e. The Bertz CT molecular complexity index is 1190. The molecule has 1 heterocycles. The number of amides is 1. The molecular formula is C24H19ClN4O2. The number of carbonyl (C=O) groups excluding carboxylic acids is 1. The molecule has 0 fully saturated rings. The molecule has 0 aliphatic carbocycles. The molecule has 3 aromatic carbocycles. The van der Waals surface area contributed by atoms with Crippen molar-refractivity contribution in [2.75, 3.05) is 6.61 Å². The maximum absolute atomic E-state index is 12.1. The monoisotopic (exact) mass is 430 g/mol. The highest BCUT2D eigenvalue weighted by atomic mass is 35.5. The summed E-state index contributed by atoms with van der Waals surface area (Å²) in [4.78, 5) is 12.1. The summed E-state index contributed by atoms with van der Waals surface area (Å²) in [6.45, 7) is -0.174. The van der Waals surface area contributed by atoms with Crippen molar-refractivity contribution in [3.05, 3.63) is 102 Å². The van der Waals surface area contributed by atoms with Crippen LogP contribution in [0.25, 0.3) is 16.9 Å². The summed E-state index contributed by atoms with van der Waals surface area (Å²) in [6.07, 6.45) is 3.45. The number of benzene rings is 3. The second kappa shape index (κ2) is 9.73. The van der Waals surface area contributed by atoms with Crippen molar-refractivity contribution in [3.8, 4) is 22.7 Å². The number of nitrogens with one attached hydrogen (secondary N) is 1. The van der Waals surface area contributed by atoms with Crippen LogP contribution >= 0.6 is 11.6 Å². The summed E-state index contributed by atoms with van der Waals surface area (Å²) in [7, 11) is 0. The Kier molecular flexibility index (Phi) is 6.40. The van der Waals surface area contributed by atoms with Gasteiger partial charge in [-0.25, -0.2) is 10.1 Å². The van der Waals surface area contributed by atoms with Gasteiger partial charge < -0.3 is 4.74 Å². The third-order valence-corrected chi connectivity index (χ3v) is 4.60. The van der Waals surface area contributed by atoms with Gasteiger partial charge in [0, 0.05) is 22.3 Å². The third-order valence-electron chi connectivity index (χ3n) is 4.37. The predicted octanol–water partition coefficient (Wildman–Crippen LogP) is 4.72. The summed E-state index contributed by atoms with van der Waals surface area (Å²) in [5.41, 5.74) is 5.89. The van der Waals surface area contributed by atoms with E-state index in [0.717, 1.165) is 22.5 Å². The number of nitrogens with zero attached hydrogens (tertiary/aromatic N) is 3. The third kappa shape index (κ3) is 5.38. The van der Waals surface area contributed by atoms with Gasteiger partial charge >= 0.3 is 0 Å². The van der Waals surface area contributed by atoms with Gasteiger partial charge in [0.25, 0.3) is 5.91 Å². The number of hydrogen-bond acceptors (Lipinski definition) is 4. The molecule has 0 bridgehead atoms. The van der Waals surface area contributed by atoms with Gasteiger partial charge in [-0.15, -0.1) is 0 Å². The van der Waals surface area contributed by atoms with E-state index in [1.165, 1.54) is 0 Å². The Hall–Kier alpha value is -3.90. The predicted molar refractivity (Wildman–Crippen MR) is 122 cm³/mol. The highest BCUT2D eigenvalue weighted by molar-refractivity contribution is 6.30. The summed E-state index contributed by atoms with van der Waals surface area (Å²) >= 11 is 5.91. The molecular weight excluding hydrogens is 412 g/mol. The molecule has 1 aromatic heterocycles. The van der Waals surface area contributed by atoms with Gasteiger partial charge in [-0.1, -0.05) is 66.2 Å². The van der Waals surface area contributed by atoms with Crippen LogP contribution in [0.3, 0.4) is 0 Å². The molecule has 4 aromatic rings. The standard InChI is InChI=1S/C24H19ClN4O2/c25-20-10-7-13-22(14-20)31-17-23(30)27-26-15-19-16-29(21-11-5-2-6-12-21)28-24(19)18-8-3-1-4-9-18/h1-16H,17H2,(H,27,30). The number of carbonyl (C=O) groups is 1. The summed E-state index contributed by atoms with van der Waals surface area (Å²) < 4.78 is 7.21. The number of para-hydroxylation sites is 1. The van der Waals surface area contributed by atoms with Crippen LogP contribution in [0.2, 0.25) is 5.02 Å². The normalized spacial score (nSPS) is 10.9. The Balaban J connectivity index is 1.48. The van der Waals surface area contributed by atoms with Crippen LogP contribution in [-0.4, -0.2) is 28.5 Å². The zero-order chi connectivity index (χ0) is 21.5. The van der Waals surface area contributed by atoms with E-state index in [9.17, 15) is 4.79 Å². The number of hydrogen-bond donors (Lipinski definition) is 1. The SMILES string of the molecule is O=C(COc1cccc(Cl)c1)NN=Cc1cn(-c2ccccc2)nc1-c1ccccc1. The molecule has 0 radical (unpaired) electrons. The quantitative estimate of drug-likeness (QED) is 0.340. The highest BCUT2D eigenvalue weighted by Crippen LogP contribution is 2.22. The Morgan fingerprint density at radius 1 is 1.03 bits per heavy atom. The molecule has 31 heavy (non-hydrogen) atoms. The zero-order valence-corrected chi connectivity index (χ0v) is 17.2. The van der Waals surface area contributed by atoms with Crippen molar-refractivity contribution < 1.29 is 9.53 Å². The van der Waals surface area contributed by atoms with E-state index >= 15 is 0 Å². The van der Waals surface area contributed by atoms with Crippen LogP contribution in [-0.2, 0) is 4.79 Å². The lowest BCUT2D eigenvalue weighted by molar-refractivity contribution is -0.123. The molecule has 0 aliphatic rings. The molecule has 1 N–H and O–H groups in total. The maximum Gasteiger partial charge on any atom is 0.277 e. The van der Waals surface area contributed by atoms with Crippen LogP contribution < -0.4 is 10.2 Å². The lowest BCUT2D eigenvalue weighted by Gasteiger charge is -2.04. The van der Waals surface area contributed by atoms with Gasteiger partial charge in [-0.2, -0.15) is 10.2 Å². The van der Waals surface area contributed by atoms with E-state index in [1.54, 1.807) is 35.2 Å². The number of hydrazone groups is 1. The molecule has 0 unspecified atom stereocenters. The Labute approximate surface area is 184 Å². The first kappa shape index (κ1) is 20.4. The van der Waals surface area contributed by atoms with Crippen molar-refractivity contribution >= 4 is 23.7 Å². The second-order valence-corrected chi connectivity index (χ2v) is 7.05. The van der Waals surface area contributed by atoms with E-state index in [-0.39, 0.29) is 12.5 Å². The summed E-state index contributed by atoms with van der Waals surface area (Å²) in [5, 5.41) is 9.33. The Morgan fingerprint density at radius 3 is 2.52 bits per heavy atom. The average Bonchev–Trinajstić information content (AvgIpc) is 3.23. The van der Waals surface area contributed by atoms with Gasteiger partial charge in [0.2, 0.25) is 0 Å². The van der Waals surface area contributed by atoms with Crippen LogP contribution in [0.4, 0.5) is 0 Å². The topological polar surface area (TPSA) is 68.5 Å². The van der Waals surface area contributed by atoms with Crippen LogP contribution in [0, 0.1) is 0 Å². The van der Waals surface area contributed by atoms with E-state index in [0.29, 0.717) is 10.8 Å². The van der Waals surface area contributed by atoms with Crippen molar-refractivity contribution in [1.29, 1.82) is 0 Å². The molecule has 4 rings (SSSR count). The number of aromatic nitrogens is 2. The average molecular weight is 431 g/mol. The Morgan fingerprint density at radius 2 is 1.77 bits per heavy atom. The van der Waals surface area contributed by atoms with E-state index < -0.39 is 0 Å². The van der Waals surface area contributed by atoms with E-state index in [4.69, 9.17) is 21.4 Å². The van der Waals surface area contributed by atoms with Crippen molar-refractivity contribution in [1.82, 2.24) is 15.2 Å². The van der Waals surface area contributed by atoms with Gasteiger partial charge in [0.05, 0.1) is 11.9 Å². The molecule has 0 spiro atoms. The number of halogens is 1. The maximum atomic E-state index is 12.1. The molecule has 154 valence electrons. The molecule has 7 heteroatoms. The smallest absolute Gasteiger partial charge is 0.277 e. The number of ether oxygens (including phenoxy) is 1. The minimum atomic E-state index is -0.382. The van der Waals surface area contributed by atoms with Crippen molar-refractivity contribution in [3.63, 3.8) is 0 Å². The van der Waals surface area contributed by atoms with Crippen LogP contribution in [0.15, 0.2) is 96.2 Å². The molecule has 0 saturated heterocycles. The van der Waals surface area contributed by atoms with Crippen molar-refractivity contribution in [2.45, 2.75) is 0 Å². The number of rotatable bonds is 7. The second-order valence-electron chi connectivity index (χ2n) is 6.62. The largest absolute Gasteiger partial charge is 0.484 e. The lowest BCUT2D eigenvalue weighted by Crippen LogP contribution is -2.24. The van der Waals surface area contributed by atoms with Gasteiger partial charge in [0.1, 0.15) is 11.4 Å². The first-order valence-electron chi connectivity index (χ1n) is 9.60. The van der Waals surface area contributed by atoms with Crippen LogP contribution in [0.5, 0.6) is 5.75 Å². The molecule has 0 saturated carbocycles. The van der Waals surface area contributed by atoms with Gasteiger partial charge in [-0.05, 0) is 30.3 Å². The summed E-state index contributed by atoms with van der Waals surface area (Å²) in [6, 6.07) is 26.5. The zero-order valence-electron chi connectivity index (χ0n) is 16.5. The van der Waals surface area contributed by atoms with E-state index in [2.05, 4.69) is 10.5 Å². The molecule has 0 atom stereocenters. The first-order chi connectivity index (χ1) is 15.2. The lowest BCUT2D eigenvalue weighted by atomic mass is 10.1. The fourth-order valence-electron chi connectivity index (χ4n) is 2.93. The molecule has 6 nitrogen and oxygen atoms in total. The molecule has 1 amide bonds. The van der Waals surface area contributed by atoms with Gasteiger partial charge in [0.15, 0.2) is 6.61 Å². The molecule has 0 aliphatic heterocycles. The summed E-state index contributed by atoms with van der Waals surface area (Å²) in [5.74, 6) is 0.134. The van der Waals surface area contributed by atoms with E-state index in [1.807, 2.05) is 66.9 Å². The fraction of sp³-hybridized carbons (Fsp3) is 0.0417. The fourth-order valence-corrected chi connectivity index (χ4v) is 3.11. The van der Waals surface area contributed by atoms with Gasteiger partial charge in [-0.3, -0.25) is 4.79 Å². The highest BCUT2D eigenvalue weighted by Gasteiger charge is 2.11.